The second kappa shape index (κ2) is 6.30. The Hall–Kier alpha value is -0.490. The first-order valence-corrected chi connectivity index (χ1v) is 4.94. The minimum atomic E-state index is -4.16. The molecule has 1 rings (SSSR count). The van der Waals surface area contributed by atoms with E-state index in [-0.39, 0.29) is 30.7 Å². The quantitative estimate of drug-likeness (QED) is 0.790. The van der Waals surface area contributed by atoms with Gasteiger partial charge in [0.25, 0.3) is 0 Å². The van der Waals surface area contributed by atoms with Crippen molar-refractivity contribution < 1.29 is 18.0 Å². The molecular formula is C9H16ClF3N2O. The van der Waals surface area contributed by atoms with Crippen molar-refractivity contribution in [1.29, 1.82) is 0 Å². The molecule has 0 aromatic heterocycles. The van der Waals surface area contributed by atoms with Crippen LogP contribution in [0, 0.1) is 5.92 Å². The van der Waals surface area contributed by atoms with Crippen LogP contribution < -0.4 is 10.6 Å². The molecule has 1 amide bonds. The Morgan fingerprint density at radius 2 is 2.12 bits per heavy atom. The Morgan fingerprint density at radius 1 is 1.50 bits per heavy atom. The lowest BCUT2D eigenvalue weighted by Crippen LogP contribution is -2.44. The summed E-state index contributed by atoms with van der Waals surface area (Å²) in [6.45, 7) is 0.471. The van der Waals surface area contributed by atoms with Gasteiger partial charge in [-0.3, -0.25) is 4.79 Å². The van der Waals surface area contributed by atoms with Crippen molar-refractivity contribution in [2.45, 2.75) is 31.5 Å². The first-order chi connectivity index (χ1) is 6.92. The van der Waals surface area contributed by atoms with Gasteiger partial charge in [-0.25, -0.2) is 0 Å². The number of piperidine rings is 1. The van der Waals surface area contributed by atoms with E-state index < -0.39 is 18.6 Å². The molecule has 16 heavy (non-hydrogen) atoms. The van der Waals surface area contributed by atoms with Gasteiger partial charge in [-0.05, 0) is 19.4 Å². The van der Waals surface area contributed by atoms with Gasteiger partial charge in [0.2, 0.25) is 5.91 Å². The largest absolute Gasteiger partial charge is 0.390 e. The van der Waals surface area contributed by atoms with E-state index in [1.54, 1.807) is 0 Å². The monoisotopic (exact) mass is 260 g/mol. The van der Waals surface area contributed by atoms with E-state index >= 15 is 0 Å². The van der Waals surface area contributed by atoms with Crippen LogP contribution >= 0.6 is 12.4 Å². The Morgan fingerprint density at radius 3 is 2.62 bits per heavy atom. The lowest BCUT2D eigenvalue weighted by Gasteiger charge is -2.29. The maximum atomic E-state index is 12.1. The van der Waals surface area contributed by atoms with Crippen molar-refractivity contribution in [3.63, 3.8) is 0 Å². The molecule has 3 nitrogen and oxygen atoms in total. The second-order valence-electron chi connectivity index (χ2n) is 3.81. The smallest absolute Gasteiger partial charge is 0.359 e. The molecule has 0 spiro atoms. The number of alkyl halides is 3. The molecule has 1 aliphatic rings. The molecule has 0 aromatic rings. The molecule has 0 aliphatic carbocycles. The topological polar surface area (TPSA) is 41.1 Å². The number of nitrogens with one attached hydrogen (secondary N) is 2. The van der Waals surface area contributed by atoms with Crippen LogP contribution in [0.5, 0.6) is 0 Å². The van der Waals surface area contributed by atoms with E-state index in [1.165, 1.54) is 7.05 Å². The Balaban J connectivity index is 0.00000225. The van der Waals surface area contributed by atoms with E-state index in [9.17, 15) is 18.0 Å². The number of hydrogen-bond acceptors (Lipinski definition) is 2. The summed E-state index contributed by atoms with van der Waals surface area (Å²) in [6, 6.07) is -0.624. The predicted molar refractivity (Wildman–Crippen MR) is 56.5 cm³/mol. The van der Waals surface area contributed by atoms with Crippen molar-refractivity contribution >= 4 is 18.3 Å². The number of carbonyl (C=O) groups is 1. The Kier molecular flexibility index (Phi) is 6.10. The molecule has 1 heterocycles. The summed E-state index contributed by atoms with van der Waals surface area (Å²) >= 11 is 0. The van der Waals surface area contributed by atoms with Gasteiger partial charge in [-0.1, -0.05) is 0 Å². The van der Waals surface area contributed by atoms with Gasteiger partial charge >= 0.3 is 6.18 Å². The number of amides is 1. The van der Waals surface area contributed by atoms with Crippen LogP contribution in [0.3, 0.4) is 0 Å². The first-order valence-electron chi connectivity index (χ1n) is 4.94. The van der Waals surface area contributed by atoms with Crippen molar-refractivity contribution in [2.24, 2.45) is 5.92 Å². The van der Waals surface area contributed by atoms with E-state index in [0.29, 0.717) is 13.0 Å². The SMILES string of the molecule is CNC(=O)C1CCNC(CC(F)(F)F)C1.Cl. The Bertz CT molecular complexity index is 235. The lowest BCUT2D eigenvalue weighted by atomic mass is 9.90. The highest BCUT2D eigenvalue weighted by atomic mass is 35.5. The zero-order valence-electron chi connectivity index (χ0n) is 8.93. The number of hydrogen-bond donors (Lipinski definition) is 2. The molecule has 96 valence electrons. The van der Waals surface area contributed by atoms with E-state index in [1.807, 2.05) is 0 Å². The van der Waals surface area contributed by atoms with Crippen LogP contribution in [0.15, 0.2) is 0 Å². The summed E-state index contributed by atoms with van der Waals surface area (Å²) in [5.74, 6) is -0.452. The normalized spacial score (nSPS) is 25.8. The number of carbonyl (C=O) groups excluding carboxylic acids is 1. The van der Waals surface area contributed by atoms with Crippen LogP contribution in [0.4, 0.5) is 13.2 Å². The van der Waals surface area contributed by atoms with Crippen LogP contribution in [0.2, 0.25) is 0 Å². The van der Waals surface area contributed by atoms with Gasteiger partial charge in [0.15, 0.2) is 0 Å². The summed E-state index contributed by atoms with van der Waals surface area (Å²) in [6.07, 6.45) is -4.16. The third-order valence-electron chi connectivity index (χ3n) is 2.59. The van der Waals surface area contributed by atoms with Crippen molar-refractivity contribution in [3.05, 3.63) is 0 Å². The molecule has 2 unspecified atom stereocenters. The van der Waals surface area contributed by atoms with E-state index in [4.69, 9.17) is 0 Å². The fraction of sp³-hybridized carbons (Fsp3) is 0.889. The summed E-state index contributed by atoms with van der Waals surface area (Å²) in [5, 5.41) is 5.25. The van der Waals surface area contributed by atoms with Crippen molar-refractivity contribution in [3.8, 4) is 0 Å². The highest BCUT2D eigenvalue weighted by Gasteiger charge is 2.35. The summed E-state index contributed by atoms with van der Waals surface area (Å²) in [5.41, 5.74) is 0. The zero-order chi connectivity index (χ0) is 11.5. The molecule has 0 bridgehead atoms. The van der Waals surface area contributed by atoms with Gasteiger partial charge < -0.3 is 10.6 Å². The third-order valence-corrected chi connectivity index (χ3v) is 2.59. The summed E-state index contributed by atoms with van der Waals surface area (Å²) < 4.78 is 36.3. The molecule has 0 aromatic carbocycles. The van der Waals surface area contributed by atoms with E-state index in [2.05, 4.69) is 10.6 Å². The molecule has 2 atom stereocenters. The van der Waals surface area contributed by atoms with E-state index in [0.717, 1.165) is 0 Å². The zero-order valence-corrected chi connectivity index (χ0v) is 9.75. The van der Waals surface area contributed by atoms with Crippen LogP contribution in [-0.2, 0) is 4.79 Å². The van der Waals surface area contributed by atoms with Gasteiger partial charge in [0, 0.05) is 19.0 Å². The molecule has 1 fully saturated rings. The van der Waals surface area contributed by atoms with Gasteiger partial charge in [-0.15, -0.1) is 12.4 Å². The highest BCUT2D eigenvalue weighted by Crippen LogP contribution is 2.27. The standard InChI is InChI=1S/C9H15F3N2O.ClH/c1-13-8(15)6-2-3-14-7(4-6)5-9(10,11)12;/h6-7,14H,2-5H2,1H3,(H,13,15);1H. The molecule has 1 saturated heterocycles. The fourth-order valence-corrected chi connectivity index (χ4v) is 1.88. The molecule has 0 saturated carbocycles. The average molecular weight is 261 g/mol. The molecular weight excluding hydrogens is 245 g/mol. The minimum Gasteiger partial charge on any atom is -0.359 e. The number of rotatable bonds is 2. The van der Waals surface area contributed by atoms with Crippen LogP contribution in [-0.4, -0.2) is 31.7 Å². The molecule has 7 heteroatoms. The van der Waals surface area contributed by atoms with Gasteiger partial charge in [0.1, 0.15) is 0 Å². The fourth-order valence-electron chi connectivity index (χ4n) is 1.88. The third kappa shape index (κ3) is 5.03. The molecule has 1 aliphatic heterocycles. The summed E-state index contributed by atoms with van der Waals surface area (Å²) in [4.78, 5) is 11.3. The second-order valence-corrected chi connectivity index (χ2v) is 3.81. The number of halogens is 4. The lowest BCUT2D eigenvalue weighted by molar-refractivity contribution is -0.144. The Labute approximate surface area is 98.6 Å². The minimum absolute atomic E-state index is 0. The highest BCUT2D eigenvalue weighted by molar-refractivity contribution is 5.85. The van der Waals surface area contributed by atoms with Crippen LogP contribution in [0.25, 0.3) is 0 Å². The first kappa shape index (κ1) is 15.5. The van der Waals surface area contributed by atoms with Crippen LogP contribution in [0.1, 0.15) is 19.3 Å². The van der Waals surface area contributed by atoms with Gasteiger partial charge in [-0.2, -0.15) is 13.2 Å². The average Bonchev–Trinajstić information content (AvgIpc) is 2.14. The predicted octanol–water partition coefficient (Wildman–Crippen LogP) is 1.47. The van der Waals surface area contributed by atoms with Gasteiger partial charge in [0.05, 0.1) is 6.42 Å². The summed E-state index contributed by atoms with van der Waals surface area (Å²) in [7, 11) is 1.50. The van der Waals surface area contributed by atoms with Crippen molar-refractivity contribution in [2.75, 3.05) is 13.6 Å². The van der Waals surface area contributed by atoms with Crippen molar-refractivity contribution in [1.82, 2.24) is 10.6 Å². The molecule has 0 radical (unpaired) electrons. The maximum absolute atomic E-state index is 12.1. The maximum Gasteiger partial charge on any atom is 0.390 e. The molecule has 2 N–H and O–H groups in total.